The van der Waals surface area contributed by atoms with E-state index in [1.807, 2.05) is 0 Å². The lowest BCUT2D eigenvalue weighted by Crippen LogP contribution is -2.35. The maximum absolute atomic E-state index is 12.9. The Morgan fingerprint density at radius 1 is 1.00 bits per heavy atom. The van der Waals surface area contributed by atoms with E-state index in [0.717, 1.165) is 23.6 Å². The molecule has 1 amide bonds. The van der Waals surface area contributed by atoms with Crippen LogP contribution in [0.3, 0.4) is 0 Å². The summed E-state index contributed by atoms with van der Waals surface area (Å²) < 4.78 is 53.1. The number of rotatable bonds is 6. The Morgan fingerprint density at radius 2 is 1.68 bits per heavy atom. The molecule has 0 bridgehead atoms. The van der Waals surface area contributed by atoms with Crippen molar-refractivity contribution in [3.8, 4) is 0 Å². The zero-order valence-corrected chi connectivity index (χ0v) is 19.6. The van der Waals surface area contributed by atoms with Gasteiger partial charge in [-0.05, 0) is 49.2 Å². The lowest BCUT2D eigenvalue weighted by atomic mass is 10.2. The maximum Gasteiger partial charge on any atom is 0.255 e. The Labute approximate surface area is 187 Å². The molecule has 31 heavy (non-hydrogen) atoms. The van der Waals surface area contributed by atoms with E-state index >= 15 is 0 Å². The molecular formula is C20H24ClN3O5S2. The fraction of sp³-hybridized carbons (Fsp3) is 0.350. The van der Waals surface area contributed by atoms with Crippen LogP contribution >= 0.6 is 11.6 Å². The van der Waals surface area contributed by atoms with Gasteiger partial charge >= 0.3 is 0 Å². The van der Waals surface area contributed by atoms with E-state index in [4.69, 9.17) is 11.6 Å². The standard InChI is InChI=1S/C20H24ClN3O5S2/c1-23(2)31(28,29)19-13-15(9-10-18(19)21)20(25)22-16-7-6-8-17(14-16)30(26,27)24-11-4-3-5-12-24/h6-10,13-14H,3-5,11-12H2,1-2H3,(H,22,25). The first-order valence-corrected chi connectivity index (χ1v) is 12.9. The Hall–Kier alpha value is -1.98. The molecule has 3 rings (SSSR count). The third-order valence-electron chi connectivity index (χ3n) is 5.00. The quantitative estimate of drug-likeness (QED) is 0.677. The van der Waals surface area contributed by atoms with Crippen molar-refractivity contribution in [3.05, 3.63) is 53.1 Å². The van der Waals surface area contributed by atoms with Crippen molar-refractivity contribution in [3.63, 3.8) is 0 Å². The van der Waals surface area contributed by atoms with Gasteiger partial charge in [0.2, 0.25) is 20.0 Å². The number of hydrogen-bond acceptors (Lipinski definition) is 5. The van der Waals surface area contributed by atoms with Crippen LogP contribution in [0.2, 0.25) is 5.02 Å². The lowest BCUT2D eigenvalue weighted by Gasteiger charge is -2.26. The summed E-state index contributed by atoms with van der Waals surface area (Å²) in [5, 5.41) is 2.63. The van der Waals surface area contributed by atoms with Crippen molar-refractivity contribution in [1.82, 2.24) is 8.61 Å². The molecule has 0 spiro atoms. The molecule has 0 unspecified atom stereocenters. The first-order valence-electron chi connectivity index (χ1n) is 9.67. The highest BCUT2D eigenvalue weighted by atomic mass is 35.5. The van der Waals surface area contributed by atoms with E-state index < -0.39 is 26.0 Å². The van der Waals surface area contributed by atoms with Crippen molar-refractivity contribution >= 4 is 43.2 Å². The van der Waals surface area contributed by atoms with Crippen molar-refractivity contribution in [2.45, 2.75) is 29.1 Å². The number of nitrogens with zero attached hydrogens (tertiary/aromatic N) is 2. The molecule has 1 aliphatic rings. The summed E-state index contributed by atoms with van der Waals surface area (Å²) in [7, 11) is -4.75. The van der Waals surface area contributed by atoms with Crippen molar-refractivity contribution < 1.29 is 21.6 Å². The van der Waals surface area contributed by atoms with E-state index in [1.165, 1.54) is 48.7 Å². The second-order valence-corrected chi connectivity index (χ2v) is 11.8. The highest BCUT2D eigenvalue weighted by Crippen LogP contribution is 2.26. The van der Waals surface area contributed by atoms with Gasteiger partial charge in [-0.3, -0.25) is 4.79 Å². The molecule has 2 aromatic carbocycles. The summed E-state index contributed by atoms with van der Waals surface area (Å²) in [6, 6.07) is 9.95. The normalized spacial score (nSPS) is 15.7. The number of benzene rings is 2. The molecule has 0 atom stereocenters. The molecule has 1 N–H and O–H groups in total. The fourth-order valence-corrected chi connectivity index (χ4v) is 6.19. The van der Waals surface area contributed by atoms with E-state index in [1.54, 1.807) is 12.1 Å². The molecule has 11 heteroatoms. The third-order valence-corrected chi connectivity index (χ3v) is 9.19. The fourth-order valence-electron chi connectivity index (χ4n) is 3.23. The van der Waals surface area contributed by atoms with Crippen molar-refractivity contribution in [2.75, 3.05) is 32.5 Å². The second kappa shape index (κ2) is 9.25. The Balaban J connectivity index is 1.86. The van der Waals surface area contributed by atoms with Crippen LogP contribution in [0.25, 0.3) is 0 Å². The zero-order chi connectivity index (χ0) is 22.8. The monoisotopic (exact) mass is 485 g/mol. The van der Waals surface area contributed by atoms with Crippen LogP contribution in [0.15, 0.2) is 52.3 Å². The minimum Gasteiger partial charge on any atom is -0.322 e. The molecule has 1 fully saturated rings. The van der Waals surface area contributed by atoms with Crippen LogP contribution < -0.4 is 5.32 Å². The number of hydrogen-bond donors (Lipinski definition) is 1. The van der Waals surface area contributed by atoms with Gasteiger partial charge in [-0.1, -0.05) is 24.1 Å². The number of piperidine rings is 1. The Kier molecular flexibility index (Phi) is 7.07. The molecule has 0 saturated carbocycles. The summed E-state index contributed by atoms with van der Waals surface area (Å²) in [6.45, 7) is 0.958. The van der Waals surface area contributed by atoms with E-state index in [2.05, 4.69) is 5.32 Å². The summed E-state index contributed by atoms with van der Waals surface area (Å²) in [5.41, 5.74) is 0.365. The molecule has 1 heterocycles. The Morgan fingerprint density at radius 3 is 2.32 bits per heavy atom. The summed E-state index contributed by atoms with van der Waals surface area (Å²) in [6.07, 6.45) is 2.66. The molecular weight excluding hydrogens is 462 g/mol. The highest BCUT2D eigenvalue weighted by molar-refractivity contribution is 7.89. The number of halogens is 1. The number of nitrogens with one attached hydrogen (secondary N) is 1. The van der Waals surface area contributed by atoms with Gasteiger partial charge in [-0.2, -0.15) is 4.31 Å². The predicted octanol–water partition coefficient (Wildman–Crippen LogP) is 3.02. The molecule has 168 valence electrons. The first-order chi connectivity index (χ1) is 14.5. The molecule has 1 saturated heterocycles. The molecule has 0 aromatic heterocycles. The summed E-state index contributed by atoms with van der Waals surface area (Å²) in [4.78, 5) is 12.6. The largest absolute Gasteiger partial charge is 0.322 e. The zero-order valence-electron chi connectivity index (χ0n) is 17.2. The average molecular weight is 486 g/mol. The first kappa shape index (κ1) is 23.7. The Bertz CT molecular complexity index is 1190. The molecule has 0 aliphatic carbocycles. The van der Waals surface area contributed by atoms with Crippen LogP contribution in [-0.2, 0) is 20.0 Å². The SMILES string of the molecule is CN(C)S(=O)(=O)c1cc(C(=O)Nc2cccc(S(=O)(=O)N3CCCCC3)c2)ccc1Cl. The van der Waals surface area contributed by atoms with E-state index in [-0.39, 0.29) is 26.1 Å². The smallest absolute Gasteiger partial charge is 0.255 e. The van der Waals surface area contributed by atoms with E-state index in [0.29, 0.717) is 13.1 Å². The maximum atomic E-state index is 12.9. The predicted molar refractivity (Wildman–Crippen MR) is 119 cm³/mol. The summed E-state index contributed by atoms with van der Waals surface area (Å²) >= 11 is 6.03. The van der Waals surface area contributed by atoms with Crippen LogP contribution in [0.5, 0.6) is 0 Å². The van der Waals surface area contributed by atoms with Gasteiger partial charge in [0.1, 0.15) is 4.90 Å². The number of carbonyl (C=O) groups excluding carboxylic acids is 1. The van der Waals surface area contributed by atoms with Gasteiger partial charge in [0.05, 0.1) is 9.92 Å². The van der Waals surface area contributed by atoms with Gasteiger partial charge in [-0.15, -0.1) is 0 Å². The van der Waals surface area contributed by atoms with Gasteiger partial charge < -0.3 is 5.32 Å². The van der Waals surface area contributed by atoms with Gasteiger partial charge in [0.15, 0.2) is 0 Å². The van der Waals surface area contributed by atoms with Gasteiger partial charge in [0.25, 0.3) is 5.91 Å². The van der Waals surface area contributed by atoms with Gasteiger partial charge in [-0.25, -0.2) is 21.1 Å². The van der Waals surface area contributed by atoms with Crippen LogP contribution in [-0.4, -0.2) is 58.5 Å². The number of anilines is 1. The number of carbonyl (C=O) groups is 1. The molecule has 1 aliphatic heterocycles. The van der Waals surface area contributed by atoms with Crippen molar-refractivity contribution in [1.29, 1.82) is 0 Å². The van der Waals surface area contributed by atoms with Crippen LogP contribution in [0, 0.1) is 0 Å². The molecule has 2 aromatic rings. The minimum atomic E-state index is -3.84. The van der Waals surface area contributed by atoms with E-state index in [9.17, 15) is 21.6 Å². The lowest BCUT2D eigenvalue weighted by molar-refractivity contribution is 0.102. The van der Waals surface area contributed by atoms with Crippen LogP contribution in [0.4, 0.5) is 5.69 Å². The third kappa shape index (κ3) is 5.09. The molecule has 0 radical (unpaired) electrons. The van der Waals surface area contributed by atoms with Crippen molar-refractivity contribution in [2.24, 2.45) is 0 Å². The number of amides is 1. The second-order valence-electron chi connectivity index (χ2n) is 7.38. The number of sulfonamides is 2. The topological polar surface area (TPSA) is 104 Å². The van der Waals surface area contributed by atoms with Crippen LogP contribution in [0.1, 0.15) is 29.6 Å². The minimum absolute atomic E-state index is 0.000118. The average Bonchev–Trinajstić information content (AvgIpc) is 2.74. The highest BCUT2D eigenvalue weighted by Gasteiger charge is 2.26. The molecule has 8 nitrogen and oxygen atoms in total. The summed E-state index contributed by atoms with van der Waals surface area (Å²) in [5.74, 6) is -0.584. The van der Waals surface area contributed by atoms with Gasteiger partial charge in [0, 0.05) is 38.4 Å².